The Balaban J connectivity index is 2.60. The molecule has 0 bridgehead atoms. The van der Waals surface area contributed by atoms with Gasteiger partial charge in [0.2, 0.25) is 5.78 Å². The minimum Gasteiger partial charge on any atom is -0.317 e. The molecule has 0 fully saturated rings. The first-order chi connectivity index (χ1) is 7.31. The molecule has 1 N–H and O–H groups in total. The van der Waals surface area contributed by atoms with Crippen LogP contribution in [0.4, 0.5) is 0 Å². The second kappa shape index (κ2) is 2.69. The monoisotopic (exact) mass is 203 g/mol. The molecule has 0 saturated carbocycles. The number of hydrogen-bond acceptors (Lipinski definition) is 3. The highest BCUT2D eigenvalue weighted by Crippen LogP contribution is 2.06. The van der Waals surface area contributed by atoms with Gasteiger partial charge >= 0.3 is 0 Å². The molecule has 3 aromatic rings. The lowest BCUT2D eigenvalue weighted by Gasteiger charge is -1.98. The summed E-state index contributed by atoms with van der Waals surface area (Å²) in [6, 6.07) is 0. The molecule has 0 amide bonds. The van der Waals surface area contributed by atoms with Gasteiger partial charge in [0.15, 0.2) is 5.52 Å². The number of nitrogens with zero attached hydrogens (tertiary/aromatic N) is 4. The van der Waals surface area contributed by atoms with Crippen molar-refractivity contribution in [3.05, 3.63) is 29.1 Å². The van der Waals surface area contributed by atoms with Crippen molar-refractivity contribution in [1.29, 1.82) is 0 Å². The van der Waals surface area contributed by atoms with E-state index in [1.54, 1.807) is 18.7 Å². The summed E-state index contributed by atoms with van der Waals surface area (Å²) in [6.07, 6.45) is 4.86. The molecular weight excluding hydrogens is 194 g/mol. The molecule has 0 spiro atoms. The van der Waals surface area contributed by atoms with Gasteiger partial charge in [-0.25, -0.2) is 14.4 Å². The second-order valence-corrected chi connectivity index (χ2v) is 3.28. The zero-order valence-electron chi connectivity index (χ0n) is 8.14. The molecule has 0 aliphatic rings. The second-order valence-electron chi connectivity index (χ2n) is 3.28. The first kappa shape index (κ1) is 8.22. The third kappa shape index (κ3) is 0.955. The van der Waals surface area contributed by atoms with Crippen molar-refractivity contribution in [1.82, 2.24) is 23.9 Å². The van der Waals surface area contributed by atoms with Crippen LogP contribution in [0.5, 0.6) is 0 Å². The maximum Gasteiger partial charge on any atom is 0.287 e. The van der Waals surface area contributed by atoms with Crippen molar-refractivity contribution in [3.8, 4) is 0 Å². The van der Waals surface area contributed by atoms with E-state index in [1.165, 1.54) is 4.40 Å². The predicted octanol–water partition coefficient (Wildman–Crippen LogP) is 0.392. The zero-order chi connectivity index (χ0) is 10.4. The molecule has 0 aliphatic heterocycles. The van der Waals surface area contributed by atoms with Crippen LogP contribution in [0.3, 0.4) is 0 Å². The molecule has 6 heteroatoms. The number of aromatic amines is 1. The molecule has 0 aliphatic carbocycles. The van der Waals surface area contributed by atoms with Crippen LogP contribution in [0.15, 0.2) is 23.5 Å². The van der Waals surface area contributed by atoms with Crippen molar-refractivity contribution in [2.24, 2.45) is 0 Å². The number of nitrogens with one attached hydrogen (secondary N) is 1. The van der Waals surface area contributed by atoms with E-state index in [2.05, 4.69) is 15.0 Å². The molecule has 3 aromatic heterocycles. The number of aromatic nitrogens is 5. The summed E-state index contributed by atoms with van der Waals surface area (Å²) in [5.41, 5.74) is 1.03. The van der Waals surface area contributed by atoms with Crippen molar-refractivity contribution in [2.45, 2.75) is 13.5 Å². The van der Waals surface area contributed by atoms with Gasteiger partial charge in [-0.15, -0.1) is 0 Å². The molecule has 15 heavy (non-hydrogen) atoms. The fraction of sp³-hybridized carbons (Fsp3) is 0.222. The first-order valence-corrected chi connectivity index (χ1v) is 4.71. The quantitative estimate of drug-likeness (QED) is 0.622. The van der Waals surface area contributed by atoms with Gasteiger partial charge in [-0.3, -0.25) is 4.79 Å². The highest BCUT2D eigenvalue weighted by Gasteiger charge is 2.09. The van der Waals surface area contributed by atoms with Gasteiger partial charge in [0.05, 0.1) is 6.33 Å². The summed E-state index contributed by atoms with van der Waals surface area (Å²) in [6.45, 7) is 2.76. The predicted molar refractivity (Wildman–Crippen MR) is 54.8 cm³/mol. The SMILES string of the molecule is CCn1cnc2c(=O)n3ccnc3[nH]c21. The lowest BCUT2D eigenvalue weighted by molar-refractivity contribution is 0.778. The Morgan fingerprint density at radius 3 is 3.13 bits per heavy atom. The van der Waals surface area contributed by atoms with Gasteiger partial charge in [-0.05, 0) is 6.92 Å². The largest absolute Gasteiger partial charge is 0.317 e. The molecule has 0 saturated heterocycles. The smallest absolute Gasteiger partial charge is 0.287 e. The van der Waals surface area contributed by atoms with E-state index in [1.807, 2.05) is 11.5 Å². The highest BCUT2D eigenvalue weighted by atomic mass is 16.1. The Bertz CT molecular complexity index is 689. The Morgan fingerprint density at radius 1 is 1.47 bits per heavy atom. The average molecular weight is 203 g/mol. The summed E-state index contributed by atoms with van der Waals surface area (Å²) >= 11 is 0. The third-order valence-electron chi connectivity index (χ3n) is 2.47. The van der Waals surface area contributed by atoms with Crippen LogP contribution in [0.2, 0.25) is 0 Å². The summed E-state index contributed by atoms with van der Waals surface area (Å²) in [5.74, 6) is 0.544. The van der Waals surface area contributed by atoms with E-state index in [-0.39, 0.29) is 5.56 Å². The Hall–Kier alpha value is -2.11. The third-order valence-corrected chi connectivity index (χ3v) is 2.47. The van der Waals surface area contributed by atoms with E-state index in [0.29, 0.717) is 11.3 Å². The van der Waals surface area contributed by atoms with E-state index >= 15 is 0 Å². The van der Waals surface area contributed by atoms with Crippen molar-refractivity contribution >= 4 is 16.9 Å². The van der Waals surface area contributed by atoms with E-state index in [4.69, 9.17) is 0 Å². The van der Waals surface area contributed by atoms with Crippen molar-refractivity contribution < 1.29 is 0 Å². The van der Waals surface area contributed by atoms with E-state index in [0.717, 1.165) is 12.2 Å². The van der Waals surface area contributed by atoms with Gasteiger partial charge in [-0.2, -0.15) is 0 Å². The van der Waals surface area contributed by atoms with E-state index in [9.17, 15) is 4.79 Å². The van der Waals surface area contributed by atoms with Crippen LogP contribution in [0, 0.1) is 0 Å². The highest BCUT2D eigenvalue weighted by molar-refractivity contribution is 5.71. The molecule has 0 atom stereocenters. The van der Waals surface area contributed by atoms with Crippen LogP contribution in [-0.4, -0.2) is 23.9 Å². The molecule has 6 nitrogen and oxygen atoms in total. The molecular formula is C9H9N5O. The van der Waals surface area contributed by atoms with Gasteiger partial charge in [0.25, 0.3) is 5.56 Å². The van der Waals surface area contributed by atoms with E-state index < -0.39 is 0 Å². The molecule has 0 aromatic carbocycles. The number of aryl methyl sites for hydroxylation is 1. The maximum absolute atomic E-state index is 11.9. The number of H-pyrrole nitrogens is 1. The fourth-order valence-electron chi connectivity index (χ4n) is 1.69. The maximum atomic E-state index is 11.9. The summed E-state index contributed by atoms with van der Waals surface area (Å²) in [7, 11) is 0. The van der Waals surface area contributed by atoms with Crippen LogP contribution in [-0.2, 0) is 6.54 Å². The Morgan fingerprint density at radius 2 is 2.33 bits per heavy atom. The summed E-state index contributed by atoms with van der Waals surface area (Å²) < 4.78 is 3.33. The molecule has 76 valence electrons. The Kier molecular flexibility index (Phi) is 1.47. The van der Waals surface area contributed by atoms with Crippen LogP contribution >= 0.6 is 0 Å². The van der Waals surface area contributed by atoms with Crippen molar-refractivity contribution in [2.75, 3.05) is 0 Å². The average Bonchev–Trinajstić information content (AvgIpc) is 2.83. The lowest BCUT2D eigenvalue weighted by Crippen LogP contribution is -2.14. The van der Waals surface area contributed by atoms with Gasteiger partial charge in [-0.1, -0.05) is 0 Å². The number of hydrogen-bond donors (Lipinski definition) is 1. The number of rotatable bonds is 1. The van der Waals surface area contributed by atoms with Crippen LogP contribution in [0.1, 0.15) is 6.92 Å². The van der Waals surface area contributed by atoms with Crippen LogP contribution < -0.4 is 5.56 Å². The lowest BCUT2D eigenvalue weighted by atomic mass is 10.5. The molecule has 0 radical (unpaired) electrons. The normalized spacial score (nSPS) is 11.5. The number of imidazole rings is 2. The Labute approximate surface area is 84.2 Å². The molecule has 3 rings (SSSR count). The van der Waals surface area contributed by atoms with Gasteiger partial charge in [0, 0.05) is 18.9 Å². The first-order valence-electron chi connectivity index (χ1n) is 4.71. The zero-order valence-corrected chi connectivity index (χ0v) is 8.14. The van der Waals surface area contributed by atoms with Gasteiger partial charge in [0.1, 0.15) is 5.65 Å². The fourth-order valence-corrected chi connectivity index (χ4v) is 1.69. The topological polar surface area (TPSA) is 68.0 Å². The minimum atomic E-state index is -0.136. The standard InChI is InChI=1S/C9H9N5O/c1-2-13-5-11-6-7(13)12-9-10-3-4-14(9)8(6)15/h3-5H,2H2,1H3,(H,10,12). The molecule has 3 heterocycles. The van der Waals surface area contributed by atoms with Gasteiger partial charge < -0.3 is 9.55 Å². The van der Waals surface area contributed by atoms with Crippen molar-refractivity contribution in [3.63, 3.8) is 0 Å². The van der Waals surface area contributed by atoms with Crippen LogP contribution in [0.25, 0.3) is 16.9 Å². The number of fused-ring (bicyclic) bond motifs is 2. The summed E-state index contributed by atoms with van der Waals surface area (Å²) in [4.78, 5) is 23.1. The minimum absolute atomic E-state index is 0.136. The molecule has 0 unspecified atom stereocenters. The summed E-state index contributed by atoms with van der Waals surface area (Å²) in [5, 5.41) is 0.